The minimum atomic E-state index is -0.168. The average Bonchev–Trinajstić information content (AvgIpc) is 2.20. The highest BCUT2D eigenvalue weighted by molar-refractivity contribution is 8.93. The zero-order valence-corrected chi connectivity index (χ0v) is 9.58. The van der Waals surface area contributed by atoms with Crippen LogP contribution in [-0.4, -0.2) is 26.2 Å². The maximum absolute atomic E-state index is 12.6. The molecule has 0 aromatic heterocycles. The molecular weight excluding hydrogens is 247 g/mol. The van der Waals surface area contributed by atoms with Crippen LogP contribution in [0.4, 0.5) is 10.1 Å². The molecular formula is C10H14BrFN2. The third-order valence-corrected chi connectivity index (χ3v) is 2.31. The number of rotatable bonds is 1. The van der Waals surface area contributed by atoms with Crippen molar-refractivity contribution < 1.29 is 4.39 Å². The van der Waals surface area contributed by atoms with Crippen molar-refractivity contribution >= 4 is 22.7 Å². The normalized spacial score (nSPS) is 16.2. The summed E-state index contributed by atoms with van der Waals surface area (Å²) in [5.41, 5.74) is 1.11. The zero-order chi connectivity index (χ0) is 9.10. The molecule has 14 heavy (non-hydrogen) atoms. The maximum atomic E-state index is 12.6. The smallest absolute Gasteiger partial charge is 0.123 e. The van der Waals surface area contributed by atoms with Gasteiger partial charge in [-0.25, -0.2) is 4.39 Å². The molecule has 1 aromatic carbocycles. The Morgan fingerprint density at radius 3 is 2.21 bits per heavy atom. The molecule has 0 unspecified atom stereocenters. The lowest BCUT2D eigenvalue weighted by Crippen LogP contribution is -2.43. The van der Waals surface area contributed by atoms with Gasteiger partial charge in [0.1, 0.15) is 5.82 Å². The number of anilines is 1. The van der Waals surface area contributed by atoms with Gasteiger partial charge in [-0.3, -0.25) is 0 Å². The Bertz CT molecular complexity index is 270. The number of halogens is 2. The second-order valence-corrected chi connectivity index (χ2v) is 3.21. The van der Waals surface area contributed by atoms with Crippen molar-refractivity contribution in [3.05, 3.63) is 30.1 Å². The van der Waals surface area contributed by atoms with Crippen LogP contribution in [0.3, 0.4) is 0 Å². The van der Waals surface area contributed by atoms with Crippen LogP contribution in [0.15, 0.2) is 24.3 Å². The van der Waals surface area contributed by atoms with Gasteiger partial charge in [-0.2, -0.15) is 0 Å². The van der Waals surface area contributed by atoms with Crippen molar-refractivity contribution in [3.63, 3.8) is 0 Å². The molecule has 1 aliphatic rings. The van der Waals surface area contributed by atoms with Crippen LogP contribution in [-0.2, 0) is 0 Å². The van der Waals surface area contributed by atoms with E-state index in [1.807, 2.05) is 12.1 Å². The number of nitrogens with one attached hydrogen (secondary N) is 1. The molecule has 1 aliphatic heterocycles. The van der Waals surface area contributed by atoms with E-state index in [0.717, 1.165) is 31.9 Å². The molecule has 2 rings (SSSR count). The number of benzene rings is 1. The fraction of sp³-hybridized carbons (Fsp3) is 0.400. The summed E-state index contributed by atoms with van der Waals surface area (Å²) < 4.78 is 12.6. The van der Waals surface area contributed by atoms with Gasteiger partial charge in [-0.1, -0.05) is 0 Å². The number of piperazine rings is 1. The van der Waals surface area contributed by atoms with Crippen molar-refractivity contribution in [2.75, 3.05) is 31.1 Å². The van der Waals surface area contributed by atoms with E-state index >= 15 is 0 Å². The molecule has 0 aliphatic carbocycles. The summed E-state index contributed by atoms with van der Waals surface area (Å²) >= 11 is 0. The highest BCUT2D eigenvalue weighted by Gasteiger charge is 2.09. The fourth-order valence-electron chi connectivity index (χ4n) is 1.57. The third kappa shape index (κ3) is 2.69. The molecule has 4 heteroatoms. The predicted molar refractivity (Wildman–Crippen MR) is 61.8 cm³/mol. The Morgan fingerprint density at radius 2 is 1.64 bits per heavy atom. The Labute approximate surface area is 93.9 Å². The van der Waals surface area contributed by atoms with Gasteiger partial charge in [0.15, 0.2) is 0 Å². The number of nitrogens with zero attached hydrogens (tertiary/aromatic N) is 1. The lowest BCUT2D eigenvalue weighted by atomic mass is 10.2. The Kier molecular flexibility index (Phi) is 4.35. The van der Waals surface area contributed by atoms with E-state index in [1.165, 1.54) is 12.1 Å². The van der Waals surface area contributed by atoms with E-state index in [9.17, 15) is 4.39 Å². The van der Waals surface area contributed by atoms with Crippen LogP contribution in [0.25, 0.3) is 0 Å². The van der Waals surface area contributed by atoms with Crippen LogP contribution in [0, 0.1) is 5.82 Å². The molecule has 0 atom stereocenters. The summed E-state index contributed by atoms with van der Waals surface area (Å²) in [6, 6.07) is 6.69. The molecule has 2 nitrogen and oxygen atoms in total. The summed E-state index contributed by atoms with van der Waals surface area (Å²) in [5.74, 6) is -0.168. The van der Waals surface area contributed by atoms with Crippen LogP contribution in [0.2, 0.25) is 0 Å². The van der Waals surface area contributed by atoms with E-state index in [-0.39, 0.29) is 22.8 Å². The first-order valence-corrected chi connectivity index (χ1v) is 4.57. The monoisotopic (exact) mass is 260 g/mol. The van der Waals surface area contributed by atoms with Crippen molar-refractivity contribution in [1.82, 2.24) is 5.32 Å². The lowest BCUT2D eigenvalue weighted by molar-refractivity contribution is 0.587. The second kappa shape index (κ2) is 5.32. The molecule has 78 valence electrons. The lowest BCUT2D eigenvalue weighted by Gasteiger charge is -2.29. The van der Waals surface area contributed by atoms with Gasteiger partial charge in [-0.15, -0.1) is 17.0 Å². The van der Waals surface area contributed by atoms with Crippen LogP contribution >= 0.6 is 17.0 Å². The van der Waals surface area contributed by atoms with E-state index in [0.29, 0.717) is 0 Å². The highest BCUT2D eigenvalue weighted by atomic mass is 79.9. The van der Waals surface area contributed by atoms with Crippen molar-refractivity contribution in [2.24, 2.45) is 0 Å². The van der Waals surface area contributed by atoms with Crippen molar-refractivity contribution in [3.8, 4) is 0 Å². The molecule has 0 spiro atoms. The molecule has 0 radical (unpaired) electrons. The SMILES string of the molecule is Br.Fc1ccc(N2CCNCC2)cc1. The summed E-state index contributed by atoms with van der Waals surface area (Å²) in [5, 5.41) is 3.28. The van der Waals surface area contributed by atoms with E-state index < -0.39 is 0 Å². The van der Waals surface area contributed by atoms with E-state index in [2.05, 4.69) is 10.2 Å². The molecule has 0 amide bonds. The maximum Gasteiger partial charge on any atom is 0.123 e. The Hall–Kier alpha value is -0.610. The van der Waals surface area contributed by atoms with Gasteiger partial charge in [0.05, 0.1) is 0 Å². The molecule has 1 heterocycles. The zero-order valence-electron chi connectivity index (χ0n) is 7.87. The van der Waals surface area contributed by atoms with Crippen LogP contribution in [0.1, 0.15) is 0 Å². The molecule has 1 N–H and O–H groups in total. The highest BCUT2D eigenvalue weighted by Crippen LogP contribution is 2.14. The van der Waals surface area contributed by atoms with Gasteiger partial charge < -0.3 is 10.2 Å². The largest absolute Gasteiger partial charge is 0.369 e. The van der Waals surface area contributed by atoms with Gasteiger partial charge in [-0.05, 0) is 24.3 Å². The summed E-state index contributed by atoms with van der Waals surface area (Å²) in [7, 11) is 0. The quantitative estimate of drug-likeness (QED) is 0.829. The minimum Gasteiger partial charge on any atom is -0.369 e. The second-order valence-electron chi connectivity index (χ2n) is 3.21. The number of hydrogen-bond acceptors (Lipinski definition) is 2. The average molecular weight is 261 g/mol. The molecule has 0 bridgehead atoms. The molecule has 0 saturated carbocycles. The predicted octanol–water partition coefficient (Wildman–Crippen LogP) is 1.81. The topological polar surface area (TPSA) is 15.3 Å². The van der Waals surface area contributed by atoms with Crippen molar-refractivity contribution in [1.29, 1.82) is 0 Å². The Morgan fingerprint density at radius 1 is 1.07 bits per heavy atom. The summed E-state index contributed by atoms with van der Waals surface area (Å²) in [4.78, 5) is 2.26. The summed E-state index contributed by atoms with van der Waals surface area (Å²) in [6.45, 7) is 4.03. The van der Waals surface area contributed by atoms with Gasteiger partial charge in [0.25, 0.3) is 0 Å². The first-order valence-electron chi connectivity index (χ1n) is 4.57. The number of hydrogen-bond donors (Lipinski definition) is 1. The van der Waals surface area contributed by atoms with Gasteiger partial charge in [0.2, 0.25) is 0 Å². The summed E-state index contributed by atoms with van der Waals surface area (Å²) in [6.07, 6.45) is 0. The van der Waals surface area contributed by atoms with Crippen molar-refractivity contribution in [2.45, 2.75) is 0 Å². The fourth-order valence-corrected chi connectivity index (χ4v) is 1.57. The van der Waals surface area contributed by atoms with E-state index in [4.69, 9.17) is 0 Å². The van der Waals surface area contributed by atoms with Crippen LogP contribution < -0.4 is 10.2 Å². The first kappa shape index (κ1) is 11.5. The Balaban J connectivity index is 0.000000980. The third-order valence-electron chi connectivity index (χ3n) is 2.31. The van der Waals surface area contributed by atoms with Crippen LogP contribution in [0.5, 0.6) is 0 Å². The molecule has 1 aromatic rings. The van der Waals surface area contributed by atoms with E-state index in [1.54, 1.807) is 0 Å². The molecule has 1 saturated heterocycles. The first-order chi connectivity index (χ1) is 6.36. The standard InChI is InChI=1S/C10H13FN2.BrH/c11-9-1-3-10(4-2-9)13-7-5-12-6-8-13;/h1-4,12H,5-8H2;1H. The molecule has 1 fully saturated rings. The van der Waals surface area contributed by atoms with Gasteiger partial charge >= 0.3 is 0 Å². The van der Waals surface area contributed by atoms with Gasteiger partial charge in [0, 0.05) is 31.9 Å². The minimum absolute atomic E-state index is 0.